The van der Waals surface area contributed by atoms with Gasteiger partial charge in [0.25, 0.3) is 0 Å². The van der Waals surface area contributed by atoms with Gasteiger partial charge in [0.05, 0.1) is 11.6 Å². The van der Waals surface area contributed by atoms with Gasteiger partial charge >= 0.3 is 0 Å². The van der Waals surface area contributed by atoms with Gasteiger partial charge in [-0.25, -0.2) is 0 Å². The fourth-order valence-corrected chi connectivity index (χ4v) is 1.46. The van der Waals surface area contributed by atoms with E-state index >= 15 is 0 Å². The molecule has 0 saturated heterocycles. The second kappa shape index (κ2) is 7.02. The molecule has 1 rings (SSSR count). The Morgan fingerprint density at radius 1 is 1.41 bits per heavy atom. The van der Waals surface area contributed by atoms with E-state index < -0.39 is 0 Å². The zero-order chi connectivity index (χ0) is 12.7. The highest BCUT2D eigenvalue weighted by molar-refractivity contribution is 6.32. The zero-order valence-electron chi connectivity index (χ0n) is 10.2. The van der Waals surface area contributed by atoms with Gasteiger partial charge in [0.1, 0.15) is 5.75 Å². The minimum atomic E-state index is 0.607. The van der Waals surface area contributed by atoms with Gasteiger partial charge in [-0.3, -0.25) is 0 Å². The van der Waals surface area contributed by atoms with Gasteiger partial charge in [-0.2, -0.15) is 0 Å². The first-order valence-corrected chi connectivity index (χ1v) is 6.10. The van der Waals surface area contributed by atoms with E-state index in [9.17, 15) is 0 Å². The predicted molar refractivity (Wildman–Crippen MR) is 74.2 cm³/mol. The lowest BCUT2D eigenvalue weighted by Crippen LogP contribution is -1.93. The SMILES string of the molecule is CCOc1cc(/C=C\C=C(N)CC)ccc1Cl. The lowest BCUT2D eigenvalue weighted by atomic mass is 10.2. The van der Waals surface area contributed by atoms with Crippen molar-refractivity contribution >= 4 is 17.7 Å². The molecule has 0 aliphatic rings. The summed E-state index contributed by atoms with van der Waals surface area (Å²) in [6.07, 6.45) is 6.66. The van der Waals surface area contributed by atoms with Gasteiger partial charge in [0.15, 0.2) is 0 Å². The van der Waals surface area contributed by atoms with Crippen molar-refractivity contribution in [3.63, 3.8) is 0 Å². The molecule has 0 aromatic heterocycles. The summed E-state index contributed by atoms with van der Waals surface area (Å²) in [7, 11) is 0. The molecular weight excluding hydrogens is 234 g/mol. The molecule has 2 nitrogen and oxygen atoms in total. The minimum absolute atomic E-state index is 0.607. The van der Waals surface area contributed by atoms with E-state index in [0.717, 1.165) is 17.7 Å². The third-order valence-electron chi connectivity index (χ3n) is 2.26. The van der Waals surface area contributed by atoms with Crippen LogP contribution < -0.4 is 10.5 Å². The molecule has 2 N–H and O–H groups in total. The first kappa shape index (κ1) is 13.7. The molecule has 0 aliphatic carbocycles. The average Bonchev–Trinajstić information content (AvgIpc) is 2.33. The molecular formula is C14H18ClNO. The van der Waals surface area contributed by atoms with E-state index in [-0.39, 0.29) is 0 Å². The Balaban J connectivity index is 2.82. The molecule has 0 aliphatic heterocycles. The van der Waals surface area contributed by atoms with Crippen LogP contribution in [0.2, 0.25) is 5.02 Å². The van der Waals surface area contributed by atoms with E-state index in [0.29, 0.717) is 17.4 Å². The van der Waals surface area contributed by atoms with E-state index in [4.69, 9.17) is 22.1 Å². The molecule has 92 valence electrons. The third-order valence-corrected chi connectivity index (χ3v) is 2.57. The summed E-state index contributed by atoms with van der Waals surface area (Å²) < 4.78 is 5.42. The Morgan fingerprint density at radius 2 is 2.18 bits per heavy atom. The predicted octanol–water partition coefficient (Wildman–Crippen LogP) is 4.00. The van der Waals surface area contributed by atoms with Crippen LogP contribution in [0.15, 0.2) is 36.0 Å². The van der Waals surface area contributed by atoms with Gasteiger partial charge in [-0.05, 0) is 37.1 Å². The summed E-state index contributed by atoms with van der Waals surface area (Å²) in [5, 5.41) is 0.632. The smallest absolute Gasteiger partial charge is 0.138 e. The molecule has 3 heteroatoms. The normalized spacial score (nSPS) is 12.1. The largest absolute Gasteiger partial charge is 0.492 e. The summed E-state index contributed by atoms with van der Waals surface area (Å²) >= 11 is 6.00. The zero-order valence-corrected chi connectivity index (χ0v) is 11.0. The first-order valence-electron chi connectivity index (χ1n) is 5.72. The van der Waals surface area contributed by atoms with Crippen LogP contribution in [0.3, 0.4) is 0 Å². The van der Waals surface area contributed by atoms with Gasteiger partial charge in [0, 0.05) is 5.70 Å². The summed E-state index contributed by atoms with van der Waals surface area (Å²) in [6, 6.07) is 5.69. The molecule has 0 amide bonds. The quantitative estimate of drug-likeness (QED) is 0.803. The lowest BCUT2D eigenvalue weighted by molar-refractivity contribution is 0.340. The molecule has 1 aromatic rings. The Hall–Kier alpha value is -1.41. The number of hydrogen-bond acceptors (Lipinski definition) is 2. The molecule has 0 bridgehead atoms. The Morgan fingerprint density at radius 3 is 2.82 bits per heavy atom. The van der Waals surface area contributed by atoms with Crippen molar-refractivity contribution in [2.75, 3.05) is 6.61 Å². The van der Waals surface area contributed by atoms with Crippen LogP contribution in [0.25, 0.3) is 6.08 Å². The van der Waals surface area contributed by atoms with Crippen LogP contribution in [-0.2, 0) is 0 Å². The fraction of sp³-hybridized carbons (Fsp3) is 0.286. The van der Waals surface area contributed by atoms with Gasteiger partial charge in [0.2, 0.25) is 0 Å². The highest BCUT2D eigenvalue weighted by Gasteiger charge is 2.00. The van der Waals surface area contributed by atoms with Crippen LogP contribution in [0.5, 0.6) is 5.75 Å². The second-order valence-corrected chi connectivity index (χ2v) is 3.98. The molecule has 17 heavy (non-hydrogen) atoms. The summed E-state index contributed by atoms with van der Waals surface area (Å²) in [5.74, 6) is 0.712. The number of benzene rings is 1. The standard InChI is InChI=1S/C14H18ClNO/c1-3-12(16)7-5-6-11-8-9-13(15)14(10-11)17-4-2/h5-10H,3-4,16H2,1-2H3/b6-5-,12-7?. The first-order chi connectivity index (χ1) is 8.17. The summed E-state index contributed by atoms with van der Waals surface area (Å²) in [6.45, 7) is 4.56. The second-order valence-electron chi connectivity index (χ2n) is 3.58. The van der Waals surface area contributed by atoms with Crippen molar-refractivity contribution in [1.29, 1.82) is 0 Å². The highest BCUT2D eigenvalue weighted by atomic mass is 35.5. The van der Waals surface area contributed by atoms with Gasteiger partial charge in [-0.1, -0.05) is 36.7 Å². The molecule has 0 fully saturated rings. The van der Waals surface area contributed by atoms with E-state index in [1.165, 1.54) is 0 Å². The van der Waals surface area contributed by atoms with Crippen molar-refractivity contribution < 1.29 is 4.74 Å². The number of halogens is 1. The number of nitrogens with two attached hydrogens (primary N) is 1. The van der Waals surface area contributed by atoms with Crippen molar-refractivity contribution in [2.45, 2.75) is 20.3 Å². The van der Waals surface area contributed by atoms with Crippen LogP contribution in [0.4, 0.5) is 0 Å². The summed E-state index contributed by atoms with van der Waals surface area (Å²) in [5.41, 5.74) is 7.60. The average molecular weight is 252 g/mol. The van der Waals surface area contributed by atoms with E-state index in [1.54, 1.807) is 0 Å². The number of rotatable bonds is 5. The summed E-state index contributed by atoms with van der Waals surface area (Å²) in [4.78, 5) is 0. The Labute approximate surface area is 108 Å². The van der Waals surface area contributed by atoms with Crippen molar-refractivity contribution in [3.8, 4) is 5.75 Å². The fourth-order valence-electron chi connectivity index (χ4n) is 1.29. The maximum Gasteiger partial charge on any atom is 0.138 e. The molecule has 0 radical (unpaired) electrons. The highest BCUT2D eigenvalue weighted by Crippen LogP contribution is 2.26. The monoisotopic (exact) mass is 251 g/mol. The Bertz CT molecular complexity index is 424. The Kier molecular flexibility index (Phi) is 5.64. The number of hydrogen-bond donors (Lipinski definition) is 1. The molecule has 0 spiro atoms. The number of ether oxygens (including phenoxy) is 1. The van der Waals surface area contributed by atoms with Crippen LogP contribution >= 0.6 is 11.6 Å². The van der Waals surface area contributed by atoms with Crippen LogP contribution in [0, 0.1) is 0 Å². The molecule has 0 atom stereocenters. The van der Waals surface area contributed by atoms with Crippen molar-refractivity contribution in [1.82, 2.24) is 0 Å². The molecule has 0 saturated carbocycles. The maximum atomic E-state index is 6.00. The topological polar surface area (TPSA) is 35.2 Å². The van der Waals surface area contributed by atoms with Gasteiger partial charge in [-0.15, -0.1) is 0 Å². The van der Waals surface area contributed by atoms with Gasteiger partial charge < -0.3 is 10.5 Å². The van der Waals surface area contributed by atoms with E-state index in [2.05, 4.69) is 0 Å². The number of allylic oxidation sites excluding steroid dienone is 3. The minimum Gasteiger partial charge on any atom is -0.492 e. The maximum absolute atomic E-state index is 6.00. The van der Waals surface area contributed by atoms with Crippen molar-refractivity contribution in [3.05, 3.63) is 46.6 Å². The molecule has 0 heterocycles. The van der Waals surface area contributed by atoms with Crippen LogP contribution in [0.1, 0.15) is 25.8 Å². The van der Waals surface area contributed by atoms with Crippen LogP contribution in [-0.4, -0.2) is 6.61 Å². The van der Waals surface area contributed by atoms with E-state index in [1.807, 2.05) is 50.3 Å². The molecule has 1 aromatic carbocycles. The molecule has 0 unspecified atom stereocenters. The van der Waals surface area contributed by atoms with Crippen molar-refractivity contribution in [2.24, 2.45) is 5.73 Å². The lowest BCUT2D eigenvalue weighted by Gasteiger charge is -2.05. The third kappa shape index (κ3) is 4.53.